The summed E-state index contributed by atoms with van der Waals surface area (Å²) in [4.78, 5) is 4.31. The standard InChI is InChI=1S/C13H17BrCl2N2OSi/c1-20(2,3)5-4-19-8-18-12-7-10(15)9(14)6-11(12)17-13(18)16/h6-7H,4-5,8H2,1-3H3. The Kier molecular flexibility index (Phi) is 5.18. The molecule has 0 aliphatic rings. The van der Waals surface area contributed by atoms with Crippen molar-refractivity contribution >= 4 is 58.2 Å². The van der Waals surface area contributed by atoms with Crippen LogP contribution in [0.5, 0.6) is 0 Å². The van der Waals surface area contributed by atoms with E-state index in [1.165, 1.54) is 0 Å². The first kappa shape index (κ1) is 16.3. The van der Waals surface area contributed by atoms with Crippen LogP contribution in [0.25, 0.3) is 11.0 Å². The summed E-state index contributed by atoms with van der Waals surface area (Å²) in [5.41, 5.74) is 1.69. The van der Waals surface area contributed by atoms with Crippen molar-refractivity contribution < 1.29 is 4.74 Å². The zero-order valence-electron chi connectivity index (χ0n) is 11.7. The van der Waals surface area contributed by atoms with Gasteiger partial charge in [0.2, 0.25) is 5.28 Å². The highest BCUT2D eigenvalue weighted by Gasteiger charge is 2.14. The van der Waals surface area contributed by atoms with E-state index in [9.17, 15) is 0 Å². The number of fused-ring (bicyclic) bond motifs is 1. The smallest absolute Gasteiger partial charge is 0.205 e. The van der Waals surface area contributed by atoms with Crippen molar-refractivity contribution in [2.45, 2.75) is 32.4 Å². The van der Waals surface area contributed by atoms with Gasteiger partial charge in [0.15, 0.2) is 0 Å². The molecular formula is C13H17BrCl2N2OSi. The second-order valence-electron chi connectivity index (χ2n) is 5.91. The molecule has 0 saturated carbocycles. The molecular weight excluding hydrogens is 379 g/mol. The van der Waals surface area contributed by atoms with E-state index in [1.807, 2.05) is 16.7 Å². The van der Waals surface area contributed by atoms with Gasteiger partial charge in [-0.1, -0.05) is 31.2 Å². The lowest BCUT2D eigenvalue weighted by Crippen LogP contribution is -2.22. The maximum Gasteiger partial charge on any atom is 0.205 e. The average molecular weight is 396 g/mol. The summed E-state index contributed by atoms with van der Waals surface area (Å²) in [6.45, 7) is 8.13. The van der Waals surface area contributed by atoms with Crippen molar-refractivity contribution in [2.24, 2.45) is 0 Å². The number of ether oxygens (including phenoxy) is 1. The molecule has 0 bridgehead atoms. The highest BCUT2D eigenvalue weighted by Crippen LogP contribution is 2.29. The van der Waals surface area contributed by atoms with E-state index in [1.54, 1.807) is 0 Å². The Morgan fingerprint density at radius 3 is 2.65 bits per heavy atom. The second-order valence-corrected chi connectivity index (χ2v) is 13.1. The van der Waals surface area contributed by atoms with Crippen LogP contribution in [0.15, 0.2) is 16.6 Å². The number of halogens is 3. The summed E-state index contributed by atoms with van der Waals surface area (Å²) in [6, 6.07) is 4.84. The molecule has 0 amide bonds. The minimum atomic E-state index is -1.07. The molecule has 0 radical (unpaired) electrons. The number of hydrogen-bond donors (Lipinski definition) is 0. The van der Waals surface area contributed by atoms with Crippen LogP contribution >= 0.6 is 39.1 Å². The van der Waals surface area contributed by atoms with Gasteiger partial charge in [-0.15, -0.1) is 0 Å². The van der Waals surface area contributed by atoms with Crippen molar-refractivity contribution in [1.29, 1.82) is 0 Å². The Morgan fingerprint density at radius 2 is 2.00 bits per heavy atom. The van der Waals surface area contributed by atoms with E-state index in [0.717, 1.165) is 28.2 Å². The monoisotopic (exact) mass is 394 g/mol. The zero-order chi connectivity index (χ0) is 14.9. The summed E-state index contributed by atoms with van der Waals surface area (Å²) in [7, 11) is -1.07. The van der Waals surface area contributed by atoms with Gasteiger partial charge in [-0.3, -0.25) is 4.57 Å². The summed E-state index contributed by atoms with van der Waals surface area (Å²) in [6.07, 6.45) is 0. The van der Waals surface area contributed by atoms with Crippen molar-refractivity contribution in [3.8, 4) is 0 Å². The molecule has 110 valence electrons. The summed E-state index contributed by atoms with van der Waals surface area (Å²) in [5, 5.41) is 1.06. The number of nitrogens with zero attached hydrogens (tertiary/aromatic N) is 2. The Hall–Kier alpha value is -0.0731. The third-order valence-corrected chi connectivity index (χ3v) is 6.15. The maximum absolute atomic E-state index is 6.16. The van der Waals surface area contributed by atoms with Crippen LogP contribution in [0.2, 0.25) is 36.0 Å². The van der Waals surface area contributed by atoms with Crippen LogP contribution in [0, 0.1) is 0 Å². The van der Waals surface area contributed by atoms with E-state index in [-0.39, 0.29) is 0 Å². The summed E-state index contributed by atoms with van der Waals surface area (Å²) < 4.78 is 8.38. The van der Waals surface area contributed by atoms with Gasteiger partial charge < -0.3 is 4.74 Å². The Bertz CT molecular complexity index is 625. The lowest BCUT2D eigenvalue weighted by molar-refractivity contribution is 0.0900. The normalized spacial score (nSPS) is 12.3. The Balaban J connectivity index is 2.14. The molecule has 3 nitrogen and oxygen atoms in total. The van der Waals surface area contributed by atoms with Gasteiger partial charge in [-0.05, 0) is 45.7 Å². The van der Waals surface area contributed by atoms with Gasteiger partial charge in [0.1, 0.15) is 6.73 Å². The first-order valence-corrected chi connectivity index (χ1v) is 11.6. The van der Waals surface area contributed by atoms with Gasteiger partial charge in [-0.25, -0.2) is 4.98 Å². The van der Waals surface area contributed by atoms with Crippen LogP contribution in [0.4, 0.5) is 0 Å². The molecule has 2 aromatic rings. The number of rotatable bonds is 5. The minimum absolute atomic E-state index is 0.401. The van der Waals surface area contributed by atoms with E-state index < -0.39 is 8.07 Å². The molecule has 1 aromatic heterocycles. The fourth-order valence-corrected chi connectivity index (χ4v) is 3.22. The highest BCUT2D eigenvalue weighted by molar-refractivity contribution is 9.10. The lowest BCUT2D eigenvalue weighted by Gasteiger charge is -2.15. The van der Waals surface area contributed by atoms with Gasteiger partial charge in [0, 0.05) is 19.2 Å². The molecule has 2 rings (SSSR count). The fourth-order valence-electron chi connectivity index (χ4n) is 1.75. The van der Waals surface area contributed by atoms with Gasteiger partial charge in [-0.2, -0.15) is 0 Å². The second kappa shape index (κ2) is 6.36. The largest absolute Gasteiger partial charge is 0.361 e. The molecule has 7 heteroatoms. The lowest BCUT2D eigenvalue weighted by atomic mass is 10.3. The minimum Gasteiger partial charge on any atom is -0.361 e. The average Bonchev–Trinajstić information content (AvgIpc) is 2.60. The first-order chi connectivity index (χ1) is 9.28. The van der Waals surface area contributed by atoms with E-state index in [4.69, 9.17) is 27.9 Å². The molecule has 0 saturated heterocycles. The number of benzene rings is 1. The van der Waals surface area contributed by atoms with E-state index in [2.05, 4.69) is 40.6 Å². The molecule has 1 aromatic carbocycles. The van der Waals surface area contributed by atoms with Gasteiger partial charge in [0.05, 0.1) is 16.1 Å². The van der Waals surface area contributed by atoms with Crippen LogP contribution in [-0.2, 0) is 11.5 Å². The SMILES string of the molecule is C[Si](C)(C)CCOCn1c(Cl)nc2cc(Br)c(Cl)cc21. The molecule has 0 spiro atoms. The molecule has 0 aliphatic heterocycles. The van der Waals surface area contributed by atoms with Gasteiger partial charge >= 0.3 is 0 Å². The van der Waals surface area contributed by atoms with Crippen LogP contribution in [0.3, 0.4) is 0 Å². The van der Waals surface area contributed by atoms with Crippen LogP contribution in [-0.4, -0.2) is 24.2 Å². The fraction of sp³-hybridized carbons (Fsp3) is 0.462. The van der Waals surface area contributed by atoms with Crippen LogP contribution in [0.1, 0.15) is 0 Å². The molecule has 0 aliphatic carbocycles. The number of aromatic nitrogens is 2. The molecule has 0 fully saturated rings. The highest BCUT2D eigenvalue weighted by atomic mass is 79.9. The molecule has 0 atom stereocenters. The molecule has 20 heavy (non-hydrogen) atoms. The topological polar surface area (TPSA) is 27.1 Å². The Morgan fingerprint density at radius 1 is 1.30 bits per heavy atom. The van der Waals surface area contributed by atoms with Crippen molar-refractivity contribution in [2.75, 3.05) is 6.61 Å². The number of imidazole rings is 1. The van der Waals surface area contributed by atoms with Crippen molar-refractivity contribution in [3.05, 3.63) is 26.9 Å². The van der Waals surface area contributed by atoms with Crippen LogP contribution < -0.4 is 0 Å². The molecule has 0 N–H and O–H groups in total. The predicted molar refractivity (Wildman–Crippen MR) is 91.6 cm³/mol. The Labute approximate surface area is 138 Å². The molecule has 1 heterocycles. The summed E-state index contributed by atoms with van der Waals surface area (Å²) in [5.74, 6) is 0. The third kappa shape index (κ3) is 3.98. The van der Waals surface area contributed by atoms with Crippen molar-refractivity contribution in [1.82, 2.24) is 9.55 Å². The first-order valence-electron chi connectivity index (χ1n) is 6.36. The summed E-state index contributed by atoms with van der Waals surface area (Å²) >= 11 is 15.7. The van der Waals surface area contributed by atoms with E-state index >= 15 is 0 Å². The quantitative estimate of drug-likeness (QED) is 0.499. The molecule has 0 unspecified atom stereocenters. The maximum atomic E-state index is 6.16. The van der Waals surface area contributed by atoms with Gasteiger partial charge in [0.25, 0.3) is 0 Å². The zero-order valence-corrected chi connectivity index (χ0v) is 15.8. The van der Waals surface area contributed by atoms with Crippen molar-refractivity contribution in [3.63, 3.8) is 0 Å². The predicted octanol–water partition coefficient (Wildman–Crippen LogP) is 5.42. The number of hydrogen-bond acceptors (Lipinski definition) is 2. The van der Waals surface area contributed by atoms with E-state index in [0.29, 0.717) is 17.0 Å². The third-order valence-electron chi connectivity index (χ3n) is 2.96.